The van der Waals surface area contributed by atoms with Crippen LogP contribution in [-0.4, -0.2) is 37.9 Å². The van der Waals surface area contributed by atoms with E-state index < -0.39 is 0 Å². The summed E-state index contributed by atoms with van der Waals surface area (Å²) in [6, 6.07) is 10.1. The first-order valence-electron chi connectivity index (χ1n) is 9.08. The Bertz CT molecular complexity index is 871. The van der Waals surface area contributed by atoms with Crippen LogP contribution in [0.5, 0.6) is 0 Å². The number of piperidine rings is 1. The van der Waals surface area contributed by atoms with Gasteiger partial charge in [-0.05, 0) is 43.1 Å². The fourth-order valence-corrected chi connectivity index (χ4v) is 3.57. The van der Waals surface area contributed by atoms with Gasteiger partial charge in [0.2, 0.25) is 5.95 Å². The van der Waals surface area contributed by atoms with Crippen LogP contribution in [0.2, 0.25) is 5.02 Å². The molecule has 6 nitrogen and oxygen atoms in total. The maximum atomic E-state index is 5.99. The van der Waals surface area contributed by atoms with E-state index >= 15 is 0 Å². The van der Waals surface area contributed by atoms with E-state index in [4.69, 9.17) is 16.6 Å². The van der Waals surface area contributed by atoms with Crippen molar-refractivity contribution in [3.63, 3.8) is 0 Å². The SMILES string of the molecule is Clc1ccc(CN2CCCC(c3ccnc(Nc4cncnc4)n3)C2)cc1. The van der Waals surface area contributed by atoms with Gasteiger partial charge in [-0.3, -0.25) is 4.90 Å². The van der Waals surface area contributed by atoms with Crippen LogP contribution >= 0.6 is 11.6 Å². The van der Waals surface area contributed by atoms with Crippen LogP contribution in [0.4, 0.5) is 11.6 Å². The summed E-state index contributed by atoms with van der Waals surface area (Å²) in [6.07, 6.45) is 9.03. The van der Waals surface area contributed by atoms with Crippen LogP contribution in [-0.2, 0) is 6.54 Å². The number of aromatic nitrogens is 4. The Morgan fingerprint density at radius 3 is 2.74 bits per heavy atom. The lowest BCUT2D eigenvalue weighted by molar-refractivity contribution is 0.198. The molecule has 1 unspecified atom stereocenters. The third kappa shape index (κ3) is 4.78. The topological polar surface area (TPSA) is 66.8 Å². The highest BCUT2D eigenvalue weighted by Gasteiger charge is 2.22. The van der Waals surface area contributed by atoms with Crippen LogP contribution < -0.4 is 5.32 Å². The molecule has 138 valence electrons. The molecule has 1 aliphatic rings. The molecular weight excluding hydrogens is 360 g/mol. The van der Waals surface area contributed by atoms with Gasteiger partial charge in [0.05, 0.1) is 23.8 Å². The average molecular weight is 381 g/mol. The number of halogens is 1. The minimum Gasteiger partial charge on any atom is -0.322 e. The number of benzene rings is 1. The van der Waals surface area contributed by atoms with Crippen molar-refractivity contribution < 1.29 is 0 Å². The maximum Gasteiger partial charge on any atom is 0.227 e. The lowest BCUT2D eigenvalue weighted by Crippen LogP contribution is -2.34. The van der Waals surface area contributed by atoms with Gasteiger partial charge in [-0.1, -0.05) is 23.7 Å². The number of hydrogen-bond acceptors (Lipinski definition) is 6. The minimum absolute atomic E-state index is 0.404. The Balaban J connectivity index is 1.43. The van der Waals surface area contributed by atoms with Gasteiger partial charge in [-0.15, -0.1) is 0 Å². The van der Waals surface area contributed by atoms with E-state index in [2.05, 4.69) is 37.3 Å². The fraction of sp³-hybridized carbons (Fsp3) is 0.300. The molecular formula is C20H21ClN6. The van der Waals surface area contributed by atoms with Crippen molar-refractivity contribution in [2.45, 2.75) is 25.3 Å². The standard InChI is InChI=1S/C20H21ClN6/c21-17-5-3-15(4-6-17)12-27-9-1-2-16(13-27)19-7-8-24-20(26-19)25-18-10-22-14-23-11-18/h3-8,10-11,14,16H,1-2,9,12-13H2,(H,24,25,26). The molecule has 27 heavy (non-hydrogen) atoms. The molecule has 3 aromatic rings. The predicted octanol–water partition coefficient (Wildman–Crippen LogP) is 4.04. The number of hydrogen-bond donors (Lipinski definition) is 1. The van der Waals surface area contributed by atoms with E-state index in [1.165, 1.54) is 11.9 Å². The molecule has 1 aliphatic heterocycles. The molecule has 0 aliphatic carbocycles. The molecule has 0 amide bonds. The first-order chi connectivity index (χ1) is 13.3. The van der Waals surface area contributed by atoms with Gasteiger partial charge >= 0.3 is 0 Å². The zero-order valence-corrected chi connectivity index (χ0v) is 15.7. The number of anilines is 2. The second-order valence-electron chi connectivity index (χ2n) is 6.76. The number of nitrogens with one attached hydrogen (secondary N) is 1. The predicted molar refractivity (Wildman–Crippen MR) is 106 cm³/mol. The normalized spacial score (nSPS) is 17.6. The third-order valence-electron chi connectivity index (χ3n) is 4.74. The number of nitrogens with zero attached hydrogens (tertiary/aromatic N) is 5. The van der Waals surface area contributed by atoms with Gasteiger partial charge in [0.1, 0.15) is 6.33 Å². The molecule has 2 aromatic heterocycles. The largest absolute Gasteiger partial charge is 0.322 e. The highest BCUT2D eigenvalue weighted by Crippen LogP contribution is 2.27. The molecule has 7 heteroatoms. The fourth-order valence-electron chi connectivity index (χ4n) is 3.44. The molecule has 3 heterocycles. The summed E-state index contributed by atoms with van der Waals surface area (Å²) in [5, 5.41) is 3.94. The van der Waals surface area contributed by atoms with Gasteiger partial charge in [-0.2, -0.15) is 0 Å². The first kappa shape index (κ1) is 17.8. The van der Waals surface area contributed by atoms with E-state index in [0.29, 0.717) is 11.9 Å². The van der Waals surface area contributed by atoms with E-state index in [0.717, 1.165) is 48.9 Å². The van der Waals surface area contributed by atoms with Crippen molar-refractivity contribution in [2.24, 2.45) is 0 Å². The van der Waals surface area contributed by atoms with Crippen LogP contribution in [0.3, 0.4) is 0 Å². The van der Waals surface area contributed by atoms with Crippen molar-refractivity contribution in [3.8, 4) is 0 Å². The molecule has 1 fully saturated rings. The molecule has 1 atom stereocenters. The molecule has 0 radical (unpaired) electrons. The van der Waals surface area contributed by atoms with E-state index in [9.17, 15) is 0 Å². The number of rotatable bonds is 5. The summed E-state index contributed by atoms with van der Waals surface area (Å²) in [6.45, 7) is 3.04. The van der Waals surface area contributed by atoms with Gasteiger partial charge in [-0.25, -0.2) is 19.9 Å². The monoisotopic (exact) mass is 380 g/mol. The van der Waals surface area contributed by atoms with Gasteiger partial charge in [0.25, 0.3) is 0 Å². The zero-order chi connectivity index (χ0) is 18.5. The summed E-state index contributed by atoms with van der Waals surface area (Å²) in [5.41, 5.74) is 3.14. The third-order valence-corrected chi connectivity index (χ3v) is 4.99. The van der Waals surface area contributed by atoms with Crippen molar-refractivity contribution in [1.82, 2.24) is 24.8 Å². The summed E-state index contributed by atoms with van der Waals surface area (Å²) in [4.78, 5) is 19.5. The summed E-state index contributed by atoms with van der Waals surface area (Å²) in [7, 11) is 0. The molecule has 0 spiro atoms. The van der Waals surface area contributed by atoms with Crippen LogP contribution in [0.1, 0.15) is 30.0 Å². The molecule has 4 rings (SSSR count). The van der Waals surface area contributed by atoms with Crippen LogP contribution in [0, 0.1) is 0 Å². The Hall–Kier alpha value is -2.57. The Morgan fingerprint density at radius 2 is 1.93 bits per heavy atom. The summed E-state index contributed by atoms with van der Waals surface area (Å²) in [5.74, 6) is 0.985. The van der Waals surface area contributed by atoms with E-state index in [-0.39, 0.29) is 0 Å². The highest BCUT2D eigenvalue weighted by molar-refractivity contribution is 6.30. The molecule has 0 saturated carbocycles. The van der Waals surface area contributed by atoms with Crippen LogP contribution in [0.25, 0.3) is 0 Å². The zero-order valence-electron chi connectivity index (χ0n) is 14.9. The van der Waals surface area contributed by atoms with E-state index in [1.54, 1.807) is 12.4 Å². The molecule has 0 bridgehead atoms. The average Bonchev–Trinajstić information content (AvgIpc) is 2.71. The molecule has 1 aromatic carbocycles. The van der Waals surface area contributed by atoms with Gasteiger partial charge in [0.15, 0.2) is 0 Å². The quantitative estimate of drug-likeness (QED) is 0.720. The lowest BCUT2D eigenvalue weighted by Gasteiger charge is -2.32. The highest BCUT2D eigenvalue weighted by atomic mass is 35.5. The van der Waals surface area contributed by atoms with Gasteiger partial charge < -0.3 is 5.32 Å². The summed E-state index contributed by atoms with van der Waals surface area (Å²) >= 11 is 5.99. The maximum absolute atomic E-state index is 5.99. The van der Waals surface area contributed by atoms with Crippen LogP contribution in [0.15, 0.2) is 55.2 Å². The second-order valence-corrected chi connectivity index (χ2v) is 7.19. The molecule has 1 saturated heterocycles. The number of likely N-dealkylation sites (tertiary alicyclic amines) is 1. The first-order valence-corrected chi connectivity index (χ1v) is 9.46. The smallest absolute Gasteiger partial charge is 0.227 e. The summed E-state index contributed by atoms with van der Waals surface area (Å²) < 4.78 is 0. The van der Waals surface area contributed by atoms with Crippen molar-refractivity contribution in [3.05, 3.63) is 71.5 Å². The van der Waals surface area contributed by atoms with Gasteiger partial charge in [0, 0.05) is 30.2 Å². The van der Waals surface area contributed by atoms with Crippen molar-refractivity contribution >= 4 is 23.2 Å². The lowest BCUT2D eigenvalue weighted by atomic mass is 9.94. The van der Waals surface area contributed by atoms with Crippen molar-refractivity contribution in [2.75, 3.05) is 18.4 Å². The second kappa shape index (κ2) is 8.41. The Kier molecular flexibility index (Phi) is 5.55. The Morgan fingerprint density at radius 1 is 1.11 bits per heavy atom. The van der Waals surface area contributed by atoms with Crippen molar-refractivity contribution in [1.29, 1.82) is 0 Å². The van der Waals surface area contributed by atoms with E-state index in [1.807, 2.05) is 24.4 Å². The molecule has 1 N–H and O–H groups in total. The Labute approximate surface area is 163 Å². The minimum atomic E-state index is 0.404.